The Morgan fingerprint density at radius 2 is 1.79 bits per heavy atom. The summed E-state index contributed by atoms with van der Waals surface area (Å²) in [5.74, 6) is 1.26. The molecule has 19 heavy (non-hydrogen) atoms. The lowest BCUT2D eigenvalue weighted by Crippen LogP contribution is -2.53. The van der Waals surface area contributed by atoms with Crippen molar-refractivity contribution in [1.29, 1.82) is 0 Å². The average Bonchev–Trinajstić information content (AvgIpc) is 2.99. The monoisotopic (exact) mass is 285 g/mol. The van der Waals surface area contributed by atoms with Gasteiger partial charge in [0.25, 0.3) is 10.2 Å². The predicted octanol–water partition coefficient (Wildman–Crippen LogP) is -0.454. The third-order valence-electron chi connectivity index (χ3n) is 4.51. The Morgan fingerprint density at radius 3 is 2.26 bits per heavy atom. The number of hydrogen-bond donors (Lipinski definition) is 1. The topological polar surface area (TPSA) is 83.7 Å². The van der Waals surface area contributed by atoms with Crippen LogP contribution in [0.2, 0.25) is 0 Å². The molecule has 3 atom stereocenters. The maximum Gasteiger partial charge on any atom is 0.277 e. The first-order valence-electron chi connectivity index (χ1n) is 6.70. The maximum absolute atomic E-state index is 12.4. The summed E-state index contributed by atoms with van der Waals surface area (Å²) >= 11 is 0. The SMILES string of the molecule is NS(=O)(=O)N1CCN(C(=O)C2CC3C=CC2C3)CC1. The van der Waals surface area contributed by atoms with E-state index in [-0.39, 0.29) is 11.8 Å². The fourth-order valence-electron chi connectivity index (χ4n) is 3.46. The Hall–Kier alpha value is -0.920. The van der Waals surface area contributed by atoms with Crippen LogP contribution in [0.5, 0.6) is 0 Å². The van der Waals surface area contributed by atoms with Gasteiger partial charge in [-0.1, -0.05) is 12.2 Å². The van der Waals surface area contributed by atoms with Gasteiger partial charge >= 0.3 is 0 Å². The summed E-state index contributed by atoms with van der Waals surface area (Å²) in [7, 11) is -3.62. The van der Waals surface area contributed by atoms with Crippen molar-refractivity contribution >= 4 is 16.1 Å². The molecule has 3 aliphatic rings. The first-order chi connectivity index (χ1) is 8.95. The van der Waals surface area contributed by atoms with Crippen LogP contribution in [0.15, 0.2) is 12.2 Å². The molecule has 3 unspecified atom stereocenters. The van der Waals surface area contributed by atoms with Gasteiger partial charge in [-0.15, -0.1) is 0 Å². The van der Waals surface area contributed by atoms with Crippen molar-refractivity contribution in [3.8, 4) is 0 Å². The van der Waals surface area contributed by atoms with Gasteiger partial charge in [0, 0.05) is 32.1 Å². The molecule has 6 nitrogen and oxygen atoms in total. The zero-order valence-corrected chi connectivity index (χ0v) is 11.6. The molecule has 0 radical (unpaired) electrons. The van der Waals surface area contributed by atoms with E-state index in [0.717, 1.165) is 12.8 Å². The predicted molar refractivity (Wildman–Crippen MR) is 70.1 cm³/mol. The van der Waals surface area contributed by atoms with Gasteiger partial charge in [-0.3, -0.25) is 4.79 Å². The van der Waals surface area contributed by atoms with Crippen LogP contribution >= 0.6 is 0 Å². The number of carbonyl (C=O) groups is 1. The summed E-state index contributed by atoms with van der Waals surface area (Å²) in [4.78, 5) is 14.2. The molecule has 0 spiro atoms. The van der Waals surface area contributed by atoms with E-state index in [1.165, 1.54) is 4.31 Å². The summed E-state index contributed by atoms with van der Waals surface area (Å²) in [6.45, 7) is 1.52. The van der Waals surface area contributed by atoms with Crippen molar-refractivity contribution in [2.24, 2.45) is 22.9 Å². The van der Waals surface area contributed by atoms with Crippen molar-refractivity contribution in [2.45, 2.75) is 12.8 Å². The minimum atomic E-state index is -3.62. The maximum atomic E-state index is 12.4. The van der Waals surface area contributed by atoms with E-state index >= 15 is 0 Å². The van der Waals surface area contributed by atoms with Crippen molar-refractivity contribution in [1.82, 2.24) is 9.21 Å². The minimum absolute atomic E-state index is 0.107. The molecule has 2 bridgehead atoms. The highest BCUT2D eigenvalue weighted by atomic mass is 32.2. The van der Waals surface area contributed by atoms with E-state index in [0.29, 0.717) is 38.0 Å². The van der Waals surface area contributed by atoms with Gasteiger partial charge < -0.3 is 4.90 Å². The van der Waals surface area contributed by atoms with Crippen LogP contribution in [0.4, 0.5) is 0 Å². The number of rotatable bonds is 2. The summed E-state index contributed by atoms with van der Waals surface area (Å²) in [6, 6.07) is 0. The lowest BCUT2D eigenvalue weighted by atomic mass is 9.92. The molecule has 0 aromatic carbocycles. The highest BCUT2D eigenvalue weighted by Gasteiger charge is 2.42. The third kappa shape index (κ3) is 2.42. The Bertz CT molecular complexity index is 508. The Morgan fingerprint density at radius 1 is 1.11 bits per heavy atom. The number of piperazine rings is 1. The number of hydrogen-bond acceptors (Lipinski definition) is 3. The summed E-state index contributed by atoms with van der Waals surface area (Å²) in [5, 5.41) is 5.09. The average molecular weight is 285 g/mol. The normalized spacial score (nSPS) is 35.0. The van der Waals surface area contributed by atoms with Crippen LogP contribution < -0.4 is 5.14 Å². The molecule has 2 fully saturated rings. The van der Waals surface area contributed by atoms with Gasteiger partial charge in [-0.05, 0) is 24.7 Å². The molecule has 1 saturated heterocycles. The number of fused-ring (bicyclic) bond motifs is 2. The van der Waals surface area contributed by atoms with Gasteiger partial charge in [-0.25, -0.2) is 5.14 Å². The Labute approximate surface area is 113 Å². The van der Waals surface area contributed by atoms with E-state index in [2.05, 4.69) is 12.2 Å². The van der Waals surface area contributed by atoms with Crippen LogP contribution in [0.25, 0.3) is 0 Å². The lowest BCUT2D eigenvalue weighted by Gasteiger charge is -2.35. The van der Waals surface area contributed by atoms with Crippen LogP contribution in [0.1, 0.15) is 12.8 Å². The van der Waals surface area contributed by atoms with E-state index in [1.54, 1.807) is 4.90 Å². The molecule has 1 aliphatic heterocycles. The number of allylic oxidation sites excluding steroid dienone is 2. The molecular weight excluding hydrogens is 266 g/mol. The second-order valence-electron chi connectivity index (χ2n) is 5.66. The highest BCUT2D eigenvalue weighted by Crippen LogP contribution is 2.44. The largest absolute Gasteiger partial charge is 0.340 e. The highest BCUT2D eigenvalue weighted by molar-refractivity contribution is 7.86. The summed E-state index contributed by atoms with van der Waals surface area (Å²) in [6.07, 6.45) is 6.44. The van der Waals surface area contributed by atoms with E-state index in [1.807, 2.05) is 0 Å². The van der Waals surface area contributed by atoms with Gasteiger partial charge in [0.05, 0.1) is 0 Å². The molecular formula is C12H19N3O3S. The molecule has 0 aromatic rings. The van der Waals surface area contributed by atoms with Gasteiger partial charge in [0.2, 0.25) is 5.91 Å². The molecule has 3 rings (SSSR count). The molecule has 1 saturated carbocycles. The molecule has 2 aliphatic carbocycles. The second kappa shape index (κ2) is 4.57. The van der Waals surface area contributed by atoms with Gasteiger partial charge in [0.15, 0.2) is 0 Å². The molecule has 0 aromatic heterocycles. The summed E-state index contributed by atoms with van der Waals surface area (Å²) in [5.41, 5.74) is 0. The van der Waals surface area contributed by atoms with E-state index in [9.17, 15) is 13.2 Å². The van der Waals surface area contributed by atoms with Crippen LogP contribution in [0.3, 0.4) is 0 Å². The zero-order chi connectivity index (χ0) is 13.6. The van der Waals surface area contributed by atoms with Crippen LogP contribution in [-0.4, -0.2) is 49.7 Å². The van der Waals surface area contributed by atoms with Crippen molar-refractivity contribution in [3.05, 3.63) is 12.2 Å². The van der Waals surface area contributed by atoms with Crippen LogP contribution in [0, 0.1) is 17.8 Å². The Balaban J connectivity index is 1.60. The molecule has 2 N–H and O–H groups in total. The van der Waals surface area contributed by atoms with Crippen molar-refractivity contribution < 1.29 is 13.2 Å². The fourth-order valence-corrected chi connectivity index (χ4v) is 4.13. The smallest absolute Gasteiger partial charge is 0.277 e. The first kappa shape index (κ1) is 13.1. The van der Waals surface area contributed by atoms with E-state index in [4.69, 9.17) is 5.14 Å². The standard InChI is InChI=1S/C12H19N3O3S/c13-19(17,18)15-5-3-14(4-6-15)12(16)11-8-9-1-2-10(11)7-9/h1-2,9-11H,3-8H2,(H2,13,17,18). The molecule has 1 amide bonds. The van der Waals surface area contributed by atoms with Gasteiger partial charge in [0.1, 0.15) is 0 Å². The second-order valence-corrected chi connectivity index (χ2v) is 7.20. The van der Waals surface area contributed by atoms with Crippen molar-refractivity contribution in [3.63, 3.8) is 0 Å². The molecule has 1 heterocycles. The zero-order valence-electron chi connectivity index (χ0n) is 10.7. The molecule has 106 valence electrons. The summed E-state index contributed by atoms with van der Waals surface area (Å²) < 4.78 is 23.7. The van der Waals surface area contributed by atoms with Crippen molar-refractivity contribution in [2.75, 3.05) is 26.2 Å². The fraction of sp³-hybridized carbons (Fsp3) is 0.750. The third-order valence-corrected chi connectivity index (χ3v) is 5.59. The quantitative estimate of drug-likeness (QED) is 0.697. The molecule has 7 heteroatoms. The number of nitrogens with two attached hydrogens (primary N) is 1. The number of nitrogens with zero attached hydrogens (tertiary/aromatic N) is 2. The van der Waals surface area contributed by atoms with Crippen LogP contribution in [-0.2, 0) is 15.0 Å². The van der Waals surface area contributed by atoms with E-state index < -0.39 is 10.2 Å². The van der Waals surface area contributed by atoms with Gasteiger partial charge in [-0.2, -0.15) is 12.7 Å². The minimum Gasteiger partial charge on any atom is -0.340 e. The number of carbonyl (C=O) groups excluding carboxylic acids is 1. The first-order valence-corrected chi connectivity index (χ1v) is 8.20. The Kier molecular flexibility index (Phi) is 3.15. The lowest BCUT2D eigenvalue weighted by molar-refractivity contribution is -0.137. The number of amides is 1.